The molecule has 0 bridgehead atoms. The van der Waals surface area contributed by atoms with Gasteiger partial charge in [0.2, 0.25) is 0 Å². The van der Waals surface area contributed by atoms with Gasteiger partial charge in [0, 0.05) is 26.4 Å². The Morgan fingerprint density at radius 1 is 1.18 bits per heavy atom. The summed E-state index contributed by atoms with van der Waals surface area (Å²) in [6.45, 7) is 5.30. The van der Waals surface area contributed by atoms with Crippen LogP contribution in [-0.2, 0) is 20.0 Å². The molecule has 0 aliphatic carbocycles. The number of carbonyl (C=O) groups is 1. The molecule has 0 atom stereocenters. The lowest BCUT2D eigenvalue weighted by atomic mass is 10.2. The molecule has 0 unspecified atom stereocenters. The van der Waals surface area contributed by atoms with Gasteiger partial charge in [-0.25, -0.2) is 0 Å². The molecule has 2 aromatic rings. The van der Waals surface area contributed by atoms with Crippen LogP contribution in [-0.4, -0.2) is 22.3 Å². The average Bonchev–Trinajstić information content (AvgIpc) is 3.09. The molecule has 1 aromatic heterocycles. The van der Waals surface area contributed by atoms with Crippen LogP contribution >= 0.6 is 0 Å². The summed E-state index contributed by atoms with van der Waals surface area (Å²) in [5, 5.41) is 7.27. The van der Waals surface area contributed by atoms with Gasteiger partial charge < -0.3 is 10.1 Å². The maximum Gasteiger partial charge on any atom is 0.269 e. The third-order valence-corrected chi connectivity index (χ3v) is 4.34. The molecule has 5 nitrogen and oxygen atoms in total. The number of aromatic nitrogens is 2. The van der Waals surface area contributed by atoms with Gasteiger partial charge in [0.1, 0.15) is 11.4 Å². The van der Waals surface area contributed by atoms with Crippen LogP contribution in [0, 0.1) is 11.8 Å². The number of carbonyl (C=O) groups excluding carboxylic acids is 1. The van der Waals surface area contributed by atoms with Gasteiger partial charge in [-0.3, -0.25) is 9.48 Å². The maximum absolute atomic E-state index is 12.4. The van der Waals surface area contributed by atoms with Crippen LogP contribution in [0.3, 0.4) is 0 Å². The quantitative estimate of drug-likeness (QED) is 0.494. The number of nitrogens with zero attached hydrogens (tertiary/aromatic N) is 2. The predicted octanol–water partition coefficient (Wildman–Crippen LogP) is 4.27. The molecule has 28 heavy (non-hydrogen) atoms. The van der Waals surface area contributed by atoms with E-state index in [1.54, 1.807) is 11.7 Å². The van der Waals surface area contributed by atoms with Gasteiger partial charge in [-0.05, 0) is 49.4 Å². The van der Waals surface area contributed by atoms with E-state index in [9.17, 15) is 4.79 Å². The Bertz CT molecular complexity index is 815. The molecule has 0 saturated heterocycles. The lowest BCUT2D eigenvalue weighted by Crippen LogP contribution is -2.25. The first-order valence-electron chi connectivity index (χ1n) is 10.1. The molecule has 5 heteroatoms. The van der Waals surface area contributed by atoms with Crippen molar-refractivity contribution in [2.45, 2.75) is 58.9 Å². The molecule has 0 aliphatic rings. The fourth-order valence-electron chi connectivity index (χ4n) is 2.74. The van der Waals surface area contributed by atoms with E-state index in [4.69, 9.17) is 4.74 Å². The zero-order valence-corrected chi connectivity index (χ0v) is 17.3. The van der Waals surface area contributed by atoms with Gasteiger partial charge in [-0.15, -0.1) is 11.8 Å². The number of hydrogen-bond donors (Lipinski definition) is 1. The summed E-state index contributed by atoms with van der Waals surface area (Å²) < 4.78 is 7.45. The zero-order valence-electron chi connectivity index (χ0n) is 17.3. The summed E-state index contributed by atoms with van der Waals surface area (Å²) in [5.41, 5.74) is 2.50. The molecular formula is C23H31N3O2. The molecule has 0 saturated carbocycles. The summed E-state index contributed by atoms with van der Waals surface area (Å²) in [7, 11) is 1.79. The molecule has 0 fully saturated rings. The number of rotatable bonds is 10. The molecule has 2 rings (SSSR count). The molecule has 1 N–H and O–H groups in total. The Morgan fingerprint density at radius 3 is 2.75 bits per heavy atom. The number of amides is 1. The number of hydrogen-bond acceptors (Lipinski definition) is 3. The molecule has 0 spiro atoms. The molecule has 0 radical (unpaired) electrons. The van der Waals surface area contributed by atoms with Crippen molar-refractivity contribution >= 4 is 5.91 Å². The first-order chi connectivity index (χ1) is 13.6. The van der Waals surface area contributed by atoms with Crippen LogP contribution in [0.15, 0.2) is 30.3 Å². The Balaban J connectivity index is 1.76. The molecule has 1 amide bonds. The second kappa shape index (κ2) is 11.9. The highest BCUT2D eigenvalue weighted by atomic mass is 16.5. The van der Waals surface area contributed by atoms with E-state index in [-0.39, 0.29) is 5.91 Å². The molecule has 1 aromatic carbocycles. The van der Waals surface area contributed by atoms with Crippen molar-refractivity contribution in [1.82, 2.24) is 15.1 Å². The first kappa shape index (κ1) is 21.6. The molecule has 1 heterocycles. The van der Waals surface area contributed by atoms with Crippen LogP contribution in [0.2, 0.25) is 0 Å². The van der Waals surface area contributed by atoms with Gasteiger partial charge in [-0.2, -0.15) is 5.10 Å². The highest BCUT2D eigenvalue weighted by Crippen LogP contribution is 2.14. The first-order valence-corrected chi connectivity index (χ1v) is 10.1. The van der Waals surface area contributed by atoms with E-state index < -0.39 is 0 Å². The normalized spacial score (nSPS) is 10.2. The van der Waals surface area contributed by atoms with Gasteiger partial charge in [-0.1, -0.05) is 26.0 Å². The minimum atomic E-state index is -0.120. The topological polar surface area (TPSA) is 56.1 Å². The van der Waals surface area contributed by atoms with Gasteiger partial charge in [0.15, 0.2) is 0 Å². The highest BCUT2D eigenvalue weighted by molar-refractivity contribution is 5.92. The van der Waals surface area contributed by atoms with Crippen LogP contribution in [0.4, 0.5) is 0 Å². The lowest BCUT2D eigenvalue weighted by molar-refractivity contribution is 0.0941. The Kier molecular flexibility index (Phi) is 9.14. The van der Waals surface area contributed by atoms with Crippen LogP contribution in [0.1, 0.15) is 67.7 Å². The van der Waals surface area contributed by atoms with Crippen LogP contribution in [0.25, 0.3) is 0 Å². The summed E-state index contributed by atoms with van der Waals surface area (Å²) in [4.78, 5) is 12.4. The van der Waals surface area contributed by atoms with Crippen molar-refractivity contribution in [2.75, 3.05) is 6.61 Å². The molecular weight excluding hydrogens is 350 g/mol. The van der Waals surface area contributed by atoms with Gasteiger partial charge in [0.05, 0.1) is 12.3 Å². The van der Waals surface area contributed by atoms with E-state index in [0.29, 0.717) is 18.8 Å². The van der Waals surface area contributed by atoms with Crippen molar-refractivity contribution in [1.29, 1.82) is 0 Å². The summed E-state index contributed by atoms with van der Waals surface area (Å²) in [6.07, 6.45) is 5.89. The largest absolute Gasteiger partial charge is 0.494 e. The van der Waals surface area contributed by atoms with Crippen molar-refractivity contribution in [3.63, 3.8) is 0 Å². The monoisotopic (exact) mass is 381 g/mol. The third-order valence-electron chi connectivity index (χ3n) is 4.34. The number of ether oxygens (including phenoxy) is 1. The smallest absolute Gasteiger partial charge is 0.269 e. The number of unbranched alkanes of at least 4 members (excludes halogenated alkanes) is 3. The zero-order chi connectivity index (χ0) is 20.2. The predicted molar refractivity (Wildman–Crippen MR) is 112 cm³/mol. The van der Waals surface area contributed by atoms with E-state index in [1.165, 1.54) is 0 Å². The summed E-state index contributed by atoms with van der Waals surface area (Å²) in [5.74, 6) is 7.07. The van der Waals surface area contributed by atoms with E-state index >= 15 is 0 Å². The van der Waals surface area contributed by atoms with Crippen molar-refractivity contribution in [2.24, 2.45) is 7.05 Å². The summed E-state index contributed by atoms with van der Waals surface area (Å²) >= 11 is 0. The number of nitrogens with one attached hydrogen (secondary N) is 1. The van der Waals surface area contributed by atoms with Gasteiger partial charge in [0.25, 0.3) is 5.91 Å². The fourth-order valence-corrected chi connectivity index (χ4v) is 2.74. The highest BCUT2D eigenvalue weighted by Gasteiger charge is 2.12. The Morgan fingerprint density at radius 2 is 2.00 bits per heavy atom. The second-order valence-corrected chi connectivity index (χ2v) is 6.74. The number of aryl methyl sites for hydroxylation is 2. The van der Waals surface area contributed by atoms with Crippen molar-refractivity contribution < 1.29 is 9.53 Å². The summed E-state index contributed by atoms with van der Waals surface area (Å²) in [6, 6.07) is 9.69. The third kappa shape index (κ3) is 7.11. The lowest BCUT2D eigenvalue weighted by Gasteiger charge is -2.09. The van der Waals surface area contributed by atoms with Crippen LogP contribution < -0.4 is 10.1 Å². The number of benzene rings is 1. The SMILES string of the molecule is CCCC#CCCCCOc1cccc(CNC(=O)c2cc(CC)nn2C)c1. The average molecular weight is 382 g/mol. The van der Waals surface area contributed by atoms with E-state index in [0.717, 1.165) is 55.5 Å². The fraction of sp³-hybridized carbons (Fsp3) is 0.478. The van der Waals surface area contributed by atoms with Crippen molar-refractivity contribution in [3.05, 3.63) is 47.3 Å². The molecule has 150 valence electrons. The Labute approximate surface area is 168 Å². The van der Waals surface area contributed by atoms with Gasteiger partial charge >= 0.3 is 0 Å². The standard InChI is InChI=1S/C23H31N3O2/c1-4-6-7-8-9-10-11-15-28-21-14-12-13-19(16-21)18-24-23(27)22-17-20(5-2)25-26(22)3/h12-14,16-17H,4-6,9-11,15,18H2,1-3H3,(H,24,27). The molecule has 0 aliphatic heterocycles. The minimum absolute atomic E-state index is 0.120. The Hall–Kier alpha value is -2.74. The van der Waals surface area contributed by atoms with E-state index in [2.05, 4.69) is 29.2 Å². The van der Waals surface area contributed by atoms with Crippen molar-refractivity contribution in [3.8, 4) is 17.6 Å². The van der Waals surface area contributed by atoms with Crippen LogP contribution in [0.5, 0.6) is 5.75 Å². The minimum Gasteiger partial charge on any atom is -0.494 e. The van der Waals surface area contributed by atoms with E-state index in [1.807, 2.05) is 37.3 Å². The maximum atomic E-state index is 12.4. The second-order valence-electron chi connectivity index (χ2n) is 6.74.